The van der Waals surface area contributed by atoms with Crippen molar-refractivity contribution in [3.63, 3.8) is 0 Å². The number of amides is 2. The quantitative estimate of drug-likeness (QED) is 0.465. The van der Waals surface area contributed by atoms with Crippen molar-refractivity contribution in [1.82, 2.24) is 14.7 Å². The van der Waals surface area contributed by atoms with Crippen molar-refractivity contribution in [2.45, 2.75) is 30.7 Å². The van der Waals surface area contributed by atoms with Crippen molar-refractivity contribution < 1.29 is 38.3 Å². The molecule has 0 aliphatic carbocycles. The molecular weight excluding hydrogens is 412 g/mol. The van der Waals surface area contributed by atoms with Gasteiger partial charge < -0.3 is 29.3 Å². The number of hydrogen-bond donors (Lipinski definition) is 3. The molecule has 11 nitrogen and oxygen atoms in total. The van der Waals surface area contributed by atoms with E-state index in [-0.39, 0.29) is 12.8 Å². The van der Waals surface area contributed by atoms with Gasteiger partial charge in [0.25, 0.3) is 0 Å². The van der Waals surface area contributed by atoms with Crippen LogP contribution in [0.5, 0.6) is 0 Å². The van der Waals surface area contributed by atoms with E-state index in [1.165, 1.54) is 22.7 Å². The van der Waals surface area contributed by atoms with Gasteiger partial charge >= 0.3 is 6.03 Å². The van der Waals surface area contributed by atoms with Crippen molar-refractivity contribution in [3.05, 3.63) is 12.3 Å². The number of aliphatic hydroxyl groups is 2. The third-order valence-electron chi connectivity index (χ3n) is 4.51. The van der Waals surface area contributed by atoms with Gasteiger partial charge in [-0.2, -0.15) is 0 Å². The summed E-state index contributed by atoms with van der Waals surface area (Å²) in [6.45, 7) is 1.95. The smallest absolute Gasteiger partial charge is 0.327 e. The molecule has 2 aliphatic heterocycles. The average Bonchev–Trinajstić information content (AvgIpc) is 2.81. The molecule has 3 N–H and O–H groups in total. The second kappa shape index (κ2) is 8.53. The van der Waals surface area contributed by atoms with E-state index in [0.717, 1.165) is 6.66 Å². The standard InChI is InChI=1S/C15H29N3O8P2/c1-16(2)11-6-7-18(15(21)17(11)3)14-13(20)12(19)10(26-14)8-25-28(5,24)9-27(4,22)23/h6-7,10-14,19-20H,8-9H2,1-5H3,(H,22,23)/t10-,11?,12?,13?,14-,28?/m1/s1. The molecule has 0 aromatic heterocycles. The summed E-state index contributed by atoms with van der Waals surface area (Å²) in [5, 5.41) is 20.6. The van der Waals surface area contributed by atoms with Crippen LogP contribution in [-0.4, -0.2) is 114 Å². The summed E-state index contributed by atoms with van der Waals surface area (Å²) in [6, 6.07) is -0.424. The minimum absolute atomic E-state index is 0.263. The highest BCUT2D eigenvalue weighted by atomic mass is 31.2. The van der Waals surface area contributed by atoms with Gasteiger partial charge in [0.1, 0.15) is 30.4 Å². The van der Waals surface area contributed by atoms with Gasteiger partial charge in [-0.15, -0.1) is 0 Å². The monoisotopic (exact) mass is 441 g/mol. The molecule has 5 unspecified atom stereocenters. The van der Waals surface area contributed by atoms with Crippen LogP contribution in [0.15, 0.2) is 12.3 Å². The molecule has 2 heterocycles. The maximum Gasteiger partial charge on any atom is 0.327 e. The van der Waals surface area contributed by atoms with Crippen LogP contribution in [0, 0.1) is 0 Å². The summed E-state index contributed by atoms with van der Waals surface area (Å²) in [6.07, 6.45) is -2.02. The van der Waals surface area contributed by atoms with Gasteiger partial charge in [-0.1, -0.05) is 0 Å². The first-order valence-corrected chi connectivity index (χ1v) is 13.2. The minimum Gasteiger partial charge on any atom is -0.387 e. The second-order valence-electron chi connectivity index (χ2n) is 7.57. The Morgan fingerprint density at radius 2 is 1.86 bits per heavy atom. The van der Waals surface area contributed by atoms with Crippen LogP contribution in [0.3, 0.4) is 0 Å². The fraction of sp³-hybridized carbons (Fsp3) is 0.800. The Kier molecular flexibility index (Phi) is 7.17. The summed E-state index contributed by atoms with van der Waals surface area (Å²) in [7, 11) is -1.71. The van der Waals surface area contributed by atoms with E-state index in [1.54, 1.807) is 13.1 Å². The number of aliphatic hydroxyl groups excluding tert-OH is 2. The van der Waals surface area contributed by atoms with Gasteiger partial charge in [0.05, 0.1) is 6.61 Å². The fourth-order valence-electron chi connectivity index (χ4n) is 3.22. The van der Waals surface area contributed by atoms with Gasteiger partial charge in [-0.25, -0.2) is 4.79 Å². The van der Waals surface area contributed by atoms with Crippen LogP contribution in [0.1, 0.15) is 0 Å². The molecule has 2 amide bonds. The molecule has 162 valence electrons. The summed E-state index contributed by atoms with van der Waals surface area (Å²) in [4.78, 5) is 26.5. The number of carbonyl (C=O) groups excluding carboxylic acids is 1. The zero-order chi connectivity index (χ0) is 21.4. The Labute approximate surface area is 164 Å². The Morgan fingerprint density at radius 3 is 2.39 bits per heavy atom. The zero-order valence-electron chi connectivity index (χ0n) is 16.6. The van der Waals surface area contributed by atoms with Crippen LogP contribution in [-0.2, 0) is 18.4 Å². The number of rotatable bonds is 7. The molecule has 1 fully saturated rings. The molecule has 0 aromatic rings. The molecule has 0 radical (unpaired) electrons. The van der Waals surface area contributed by atoms with Gasteiger partial charge in [0.15, 0.2) is 6.23 Å². The van der Waals surface area contributed by atoms with E-state index >= 15 is 0 Å². The molecule has 2 aliphatic rings. The molecule has 2 rings (SSSR count). The Bertz CT molecular complexity index is 711. The molecular formula is C15H29N3O8P2. The number of likely N-dealkylation sites (N-methyl/N-ethyl adjacent to an activating group) is 2. The molecule has 0 spiro atoms. The zero-order valence-corrected chi connectivity index (χ0v) is 18.4. The van der Waals surface area contributed by atoms with Crippen LogP contribution >= 0.6 is 14.7 Å². The third kappa shape index (κ3) is 5.43. The lowest BCUT2D eigenvalue weighted by Gasteiger charge is -2.40. The van der Waals surface area contributed by atoms with E-state index in [9.17, 15) is 29.0 Å². The highest BCUT2D eigenvalue weighted by molar-refractivity contribution is 7.74. The molecule has 13 heteroatoms. The first-order valence-electron chi connectivity index (χ1n) is 8.65. The molecule has 0 aromatic carbocycles. The number of ether oxygens (including phenoxy) is 1. The summed E-state index contributed by atoms with van der Waals surface area (Å²) < 4.78 is 34.6. The summed E-state index contributed by atoms with van der Waals surface area (Å²) in [5.74, 6) is -0.501. The second-order valence-corrected chi connectivity index (χ2v) is 13.1. The SMILES string of the molecule is CN(C)C1C=CN([C@@H]2O[C@H](COP(C)(=O)CP(C)(=O)O)C(O)C2O)C(=O)N1C. The first-order chi connectivity index (χ1) is 12.7. The van der Waals surface area contributed by atoms with Crippen molar-refractivity contribution in [1.29, 1.82) is 0 Å². The first kappa shape index (κ1) is 23.5. The predicted molar refractivity (Wildman–Crippen MR) is 102 cm³/mol. The largest absolute Gasteiger partial charge is 0.387 e. The average molecular weight is 441 g/mol. The highest BCUT2D eigenvalue weighted by Crippen LogP contribution is 2.56. The number of nitrogens with zero attached hydrogens (tertiary/aromatic N) is 3. The van der Waals surface area contributed by atoms with Crippen LogP contribution < -0.4 is 0 Å². The van der Waals surface area contributed by atoms with E-state index in [1.807, 2.05) is 19.0 Å². The minimum atomic E-state index is -3.55. The highest BCUT2D eigenvalue weighted by Gasteiger charge is 2.48. The van der Waals surface area contributed by atoms with Crippen LogP contribution in [0.4, 0.5) is 4.79 Å². The molecule has 7 atom stereocenters. The van der Waals surface area contributed by atoms with Crippen LogP contribution in [0.2, 0.25) is 0 Å². The molecule has 0 bridgehead atoms. The maximum atomic E-state index is 12.6. The predicted octanol–water partition coefficient (Wildman–Crippen LogP) is -0.0159. The van der Waals surface area contributed by atoms with Crippen molar-refractivity contribution in [3.8, 4) is 0 Å². The lowest BCUT2D eigenvalue weighted by Crippen LogP contribution is -2.56. The fourth-order valence-corrected chi connectivity index (χ4v) is 7.82. The number of hydrogen-bond acceptors (Lipinski definition) is 8. The maximum absolute atomic E-state index is 12.6. The molecule has 1 saturated heterocycles. The van der Waals surface area contributed by atoms with Crippen molar-refractivity contribution in [2.24, 2.45) is 0 Å². The Balaban J connectivity index is 2.06. The van der Waals surface area contributed by atoms with Crippen LogP contribution in [0.25, 0.3) is 0 Å². The summed E-state index contributed by atoms with van der Waals surface area (Å²) in [5.41, 5.74) is 0. The lowest BCUT2D eigenvalue weighted by atomic mass is 10.1. The Hall–Kier alpha value is -0.770. The number of carbonyl (C=O) groups is 1. The van der Waals surface area contributed by atoms with Gasteiger partial charge in [0.2, 0.25) is 14.7 Å². The summed E-state index contributed by atoms with van der Waals surface area (Å²) >= 11 is 0. The van der Waals surface area contributed by atoms with Gasteiger partial charge in [-0.3, -0.25) is 18.9 Å². The van der Waals surface area contributed by atoms with Crippen molar-refractivity contribution >= 4 is 20.8 Å². The molecule has 28 heavy (non-hydrogen) atoms. The van der Waals surface area contributed by atoms with E-state index in [0.29, 0.717) is 0 Å². The third-order valence-corrected chi connectivity index (χ3v) is 9.36. The normalized spacial score (nSPS) is 35.3. The number of urea groups is 1. The van der Waals surface area contributed by atoms with Gasteiger partial charge in [-0.05, 0) is 20.2 Å². The van der Waals surface area contributed by atoms with Crippen molar-refractivity contribution in [2.75, 3.05) is 47.0 Å². The van der Waals surface area contributed by atoms with E-state index in [4.69, 9.17) is 9.26 Å². The van der Waals surface area contributed by atoms with Gasteiger partial charge in [0, 0.05) is 26.6 Å². The van der Waals surface area contributed by atoms with E-state index < -0.39 is 51.2 Å². The van der Waals surface area contributed by atoms with E-state index in [2.05, 4.69) is 0 Å². The molecule has 0 saturated carbocycles. The Morgan fingerprint density at radius 1 is 1.25 bits per heavy atom. The lowest BCUT2D eigenvalue weighted by molar-refractivity contribution is -0.0699. The topological polar surface area (TPSA) is 140 Å².